The van der Waals surface area contributed by atoms with Crippen LogP contribution in [0.15, 0.2) is 70.5 Å². The number of nitrogens with one attached hydrogen (secondary N) is 1. The monoisotopic (exact) mass is 441 g/mol. The topological polar surface area (TPSA) is 79.4 Å². The SMILES string of the molecule is O=C(Nc1ccc(Cc2ccncc2)cc1)C1CCN(S(=O)(=O)c2cccs2)CC1. The van der Waals surface area contributed by atoms with E-state index in [0.29, 0.717) is 30.1 Å². The number of pyridine rings is 1. The molecule has 0 radical (unpaired) electrons. The molecule has 8 heteroatoms. The summed E-state index contributed by atoms with van der Waals surface area (Å²) < 4.78 is 27.1. The maximum Gasteiger partial charge on any atom is 0.252 e. The van der Waals surface area contributed by atoms with E-state index in [2.05, 4.69) is 10.3 Å². The molecule has 0 atom stereocenters. The van der Waals surface area contributed by atoms with Gasteiger partial charge in [-0.3, -0.25) is 9.78 Å². The number of piperidine rings is 1. The van der Waals surface area contributed by atoms with E-state index in [1.54, 1.807) is 29.9 Å². The van der Waals surface area contributed by atoms with Gasteiger partial charge in [0.2, 0.25) is 5.91 Å². The third kappa shape index (κ3) is 4.77. The zero-order valence-corrected chi connectivity index (χ0v) is 18.0. The van der Waals surface area contributed by atoms with Crippen LogP contribution in [-0.4, -0.2) is 36.7 Å². The molecule has 0 aliphatic carbocycles. The van der Waals surface area contributed by atoms with Crippen LogP contribution < -0.4 is 5.32 Å². The number of anilines is 1. The second kappa shape index (κ2) is 9.07. The molecule has 1 aliphatic heterocycles. The Kier molecular flexibility index (Phi) is 6.26. The second-order valence-corrected chi connectivity index (χ2v) is 10.4. The van der Waals surface area contributed by atoms with Crippen molar-refractivity contribution < 1.29 is 13.2 Å². The molecule has 6 nitrogen and oxygen atoms in total. The van der Waals surface area contributed by atoms with Crippen LogP contribution in [-0.2, 0) is 21.2 Å². The molecule has 30 heavy (non-hydrogen) atoms. The number of rotatable bonds is 6. The molecule has 156 valence electrons. The van der Waals surface area contributed by atoms with Crippen molar-refractivity contribution in [3.05, 3.63) is 77.4 Å². The highest BCUT2D eigenvalue weighted by atomic mass is 32.2. The molecule has 1 saturated heterocycles. The molecular weight excluding hydrogens is 418 g/mol. The Morgan fingerprint density at radius 1 is 1.03 bits per heavy atom. The van der Waals surface area contributed by atoms with Crippen LogP contribution in [0, 0.1) is 5.92 Å². The van der Waals surface area contributed by atoms with Crippen molar-refractivity contribution >= 4 is 33.0 Å². The highest BCUT2D eigenvalue weighted by Gasteiger charge is 2.32. The quantitative estimate of drug-likeness (QED) is 0.631. The number of aromatic nitrogens is 1. The van der Waals surface area contributed by atoms with Gasteiger partial charge in [0, 0.05) is 37.1 Å². The summed E-state index contributed by atoms with van der Waals surface area (Å²) in [7, 11) is -3.44. The van der Waals surface area contributed by atoms with Gasteiger partial charge in [-0.25, -0.2) is 8.42 Å². The highest BCUT2D eigenvalue weighted by molar-refractivity contribution is 7.91. The van der Waals surface area contributed by atoms with Gasteiger partial charge in [0.05, 0.1) is 0 Å². The molecule has 1 amide bonds. The largest absolute Gasteiger partial charge is 0.326 e. The van der Waals surface area contributed by atoms with Gasteiger partial charge in [0.25, 0.3) is 10.0 Å². The molecule has 1 fully saturated rings. The standard InChI is InChI=1S/C22H23N3O3S2/c26-22(19-9-13-25(14-10-19)30(27,28)21-2-1-15-29-21)24-20-5-3-17(4-6-20)16-18-7-11-23-12-8-18/h1-8,11-12,15,19H,9-10,13-14,16H2,(H,24,26). The Bertz CT molecular complexity index is 1070. The van der Waals surface area contributed by atoms with E-state index in [-0.39, 0.29) is 11.8 Å². The summed E-state index contributed by atoms with van der Waals surface area (Å²) in [6.45, 7) is 0.729. The Morgan fingerprint density at radius 2 is 1.70 bits per heavy atom. The first-order chi connectivity index (χ1) is 14.5. The maximum absolute atomic E-state index is 12.6. The van der Waals surface area contributed by atoms with Gasteiger partial charge >= 0.3 is 0 Å². The fraction of sp³-hybridized carbons (Fsp3) is 0.273. The first kappa shape index (κ1) is 20.7. The van der Waals surface area contributed by atoms with Crippen molar-refractivity contribution in [2.45, 2.75) is 23.5 Å². The third-order valence-electron chi connectivity index (χ3n) is 5.29. The summed E-state index contributed by atoms with van der Waals surface area (Å²) in [4.78, 5) is 16.7. The summed E-state index contributed by atoms with van der Waals surface area (Å²) in [5.74, 6) is -0.235. The molecular formula is C22H23N3O3S2. The van der Waals surface area contributed by atoms with Gasteiger partial charge in [-0.15, -0.1) is 11.3 Å². The van der Waals surface area contributed by atoms with E-state index in [1.165, 1.54) is 21.2 Å². The van der Waals surface area contributed by atoms with E-state index >= 15 is 0 Å². The average Bonchev–Trinajstić information content (AvgIpc) is 3.32. The Labute approximate surface area is 180 Å². The third-order valence-corrected chi connectivity index (χ3v) is 8.56. The second-order valence-electron chi connectivity index (χ2n) is 7.33. The van der Waals surface area contributed by atoms with E-state index in [9.17, 15) is 13.2 Å². The lowest BCUT2D eigenvalue weighted by Gasteiger charge is -2.30. The number of thiophene rings is 1. The van der Waals surface area contributed by atoms with Gasteiger partial charge in [-0.2, -0.15) is 4.31 Å². The lowest BCUT2D eigenvalue weighted by atomic mass is 9.97. The van der Waals surface area contributed by atoms with Gasteiger partial charge in [-0.05, 0) is 66.1 Å². The van der Waals surface area contributed by atoms with Gasteiger partial charge in [0.15, 0.2) is 0 Å². The molecule has 0 saturated carbocycles. The van der Waals surface area contributed by atoms with Crippen molar-refractivity contribution in [3.63, 3.8) is 0 Å². The minimum atomic E-state index is -3.44. The zero-order chi connectivity index (χ0) is 21.0. The van der Waals surface area contributed by atoms with Crippen LogP contribution in [0.4, 0.5) is 5.69 Å². The van der Waals surface area contributed by atoms with Gasteiger partial charge in [0.1, 0.15) is 4.21 Å². The zero-order valence-electron chi connectivity index (χ0n) is 16.4. The normalized spacial score (nSPS) is 15.7. The Hall–Kier alpha value is -2.55. The highest BCUT2D eigenvalue weighted by Crippen LogP contribution is 2.27. The minimum Gasteiger partial charge on any atom is -0.326 e. The van der Waals surface area contributed by atoms with Crippen molar-refractivity contribution in [1.82, 2.24) is 9.29 Å². The number of nitrogens with zero attached hydrogens (tertiary/aromatic N) is 2. The van der Waals surface area contributed by atoms with E-state index in [0.717, 1.165) is 17.7 Å². The molecule has 1 N–H and O–H groups in total. The molecule has 0 spiro atoms. The lowest BCUT2D eigenvalue weighted by Crippen LogP contribution is -2.41. The van der Waals surface area contributed by atoms with Crippen LogP contribution >= 0.6 is 11.3 Å². The molecule has 1 aliphatic rings. The predicted molar refractivity (Wildman–Crippen MR) is 118 cm³/mol. The fourth-order valence-corrected chi connectivity index (χ4v) is 6.20. The molecule has 2 aromatic heterocycles. The molecule has 3 aromatic rings. The number of benzene rings is 1. The number of hydrogen-bond acceptors (Lipinski definition) is 5. The van der Waals surface area contributed by atoms with Gasteiger partial charge in [-0.1, -0.05) is 18.2 Å². The van der Waals surface area contributed by atoms with E-state index in [1.807, 2.05) is 36.4 Å². The number of carbonyl (C=O) groups is 1. The smallest absolute Gasteiger partial charge is 0.252 e. The van der Waals surface area contributed by atoms with Crippen LogP contribution in [0.1, 0.15) is 24.0 Å². The molecule has 0 bridgehead atoms. The first-order valence-electron chi connectivity index (χ1n) is 9.85. The number of hydrogen-bond donors (Lipinski definition) is 1. The molecule has 3 heterocycles. The Balaban J connectivity index is 1.31. The summed E-state index contributed by atoms with van der Waals surface area (Å²) >= 11 is 1.22. The fourth-order valence-electron chi connectivity index (χ4n) is 3.58. The van der Waals surface area contributed by atoms with Crippen molar-refractivity contribution in [3.8, 4) is 0 Å². The lowest BCUT2D eigenvalue weighted by molar-refractivity contribution is -0.120. The number of carbonyl (C=O) groups excluding carboxylic acids is 1. The van der Waals surface area contributed by atoms with Crippen LogP contribution in [0.3, 0.4) is 0 Å². The van der Waals surface area contributed by atoms with Crippen molar-refractivity contribution in [2.75, 3.05) is 18.4 Å². The van der Waals surface area contributed by atoms with Gasteiger partial charge < -0.3 is 5.32 Å². The predicted octanol–water partition coefficient (Wildman–Crippen LogP) is 3.77. The summed E-state index contributed by atoms with van der Waals surface area (Å²) in [6, 6.07) is 15.2. The van der Waals surface area contributed by atoms with E-state index < -0.39 is 10.0 Å². The summed E-state index contributed by atoms with van der Waals surface area (Å²) in [5, 5.41) is 4.73. The maximum atomic E-state index is 12.6. The Morgan fingerprint density at radius 3 is 2.33 bits per heavy atom. The summed E-state index contributed by atoms with van der Waals surface area (Å²) in [5.41, 5.74) is 3.10. The number of sulfonamides is 1. The van der Waals surface area contributed by atoms with Crippen LogP contribution in [0.5, 0.6) is 0 Å². The minimum absolute atomic E-state index is 0.0509. The molecule has 4 rings (SSSR count). The van der Waals surface area contributed by atoms with Crippen LogP contribution in [0.2, 0.25) is 0 Å². The molecule has 0 unspecified atom stereocenters. The number of amides is 1. The molecule has 1 aromatic carbocycles. The van der Waals surface area contributed by atoms with Crippen molar-refractivity contribution in [2.24, 2.45) is 5.92 Å². The van der Waals surface area contributed by atoms with Crippen LogP contribution in [0.25, 0.3) is 0 Å². The van der Waals surface area contributed by atoms with E-state index in [4.69, 9.17) is 0 Å². The average molecular weight is 442 g/mol. The van der Waals surface area contributed by atoms with Crippen molar-refractivity contribution in [1.29, 1.82) is 0 Å². The summed E-state index contributed by atoms with van der Waals surface area (Å²) in [6.07, 6.45) is 5.42. The first-order valence-corrected chi connectivity index (χ1v) is 12.2.